The van der Waals surface area contributed by atoms with E-state index in [1.165, 1.54) is 0 Å². The number of hydrogen-bond acceptors (Lipinski definition) is 3. The van der Waals surface area contributed by atoms with E-state index >= 15 is 0 Å². The summed E-state index contributed by atoms with van der Waals surface area (Å²) in [6, 6.07) is 3.75. The summed E-state index contributed by atoms with van der Waals surface area (Å²) in [5, 5.41) is 5.92. The number of hydrogen-bond donors (Lipinski definition) is 2. The van der Waals surface area contributed by atoms with E-state index in [0.717, 1.165) is 11.5 Å². The highest BCUT2D eigenvalue weighted by molar-refractivity contribution is 9.10. The van der Waals surface area contributed by atoms with Crippen molar-refractivity contribution in [1.82, 2.24) is 4.98 Å². The molecule has 0 radical (unpaired) electrons. The Morgan fingerprint density at radius 2 is 2.36 bits per heavy atom. The van der Waals surface area contributed by atoms with E-state index in [4.69, 9.17) is 11.6 Å². The van der Waals surface area contributed by atoms with Crippen LogP contribution in [0.15, 0.2) is 18.3 Å². The van der Waals surface area contributed by atoms with Crippen molar-refractivity contribution in [2.75, 3.05) is 10.6 Å². The Bertz CT molecular complexity index is 262. The molecule has 2 N–H and O–H groups in total. The van der Waals surface area contributed by atoms with Gasteiger partial charge in [0.15, 0.2) is 5.82 Å². The summed E-state index contributed by atoms with van der Waals surface area (Å²) >= 11 is 9.11. The minimum absolute atomic E-state index is 0.763. The zero-order chi connectivity index (χ0) is 7.90. The van der Waals surface area contributed by atoms with Crippen LogP contribution < -0.4 is 10.6 Å². The van der Waals surface area contributed by atoms with Gasteiger partial charge in [0.2, 0.25) is 4.03 Å². The lowest BCUT2D eigenvalue weighted by Crippen LogP contribution is -2.26. The van der Waals surface area contributed by atoms with Crippen molar-refractivity contribution < 1.29 is 0 Å². The number of anilines is 2. The Hall–Kier alpha value is -0.480. The van der Waals surface area contributed by atoms with E-state index < -0.39 is 4.03 Å². The average molecular weight is 234 g/mol. The molecule has 1 aliphatic rings. The predicted octanol–water partition coefficient (Wildman–Crippen LogP) is 2.16. The highest BCUT2D eigenvalue weighted by Gasteiger charge is 2.31. The average Bonchev–Trinajstić information content (AvgIpc) is 2.21. The summed E-state index contributed by atoms with van der Waals surface area (Å²) in [6.45, 7) is 0. The third kappa shape index (κ3) is 1.28. The van der Waals surface area contributed by atoms with Gasteiger partial charge in [-0.15, -0.1) is 0 Å². The summed E-state index contributed by atoms with van der Waals surface area (Å²) < 4.78 is -0.774. The molecule has 5 heteroatoms. The Morgan fingerprint density at radius 3 is 3.09 bits per heavy atom. The fourth-order valence-corrected chi connectivity index (χ4v) is 1.55. The Morgan fingerprint density at radius 1 is 1.55 bits per heavy atom. The van der Waals surface area contributed by atoms with Crippen LogP contribution in [0.2, 0.25) is 0 Å². The second-order valence-corrected chi connectivity index (χ2v) is 4.44. The molecule has 0 fully saturated rings. The molecule has 0 spiro atoms. The van der Waals surface area contributed by atoms with Gasteiger partial charge < -0.3 is 10.6 Å². The Kier molecular flexibility index (Phi) is 1.47. The topological polar surface area (TPSA) is 37.0 Å². The van der Waals surface area contributed by atoms with Gasteiger partial charge in [0, 0.05) is 6.20 Å². The first kappa shape index (κ1) is 7.18. The normalized spacial score (nSPS) is 27.1. The van der Waals surface area contributed by atoms with Crippen LogP contribution in [-0.4, -0.2) is 9.02 Å². The number of pyridine rings is 1. The summed E-state index contributed by atoms with van der Waals surface area (Å²) in [4.78, 5) is 4.07. The van der Waals surface area contributed by atoms with Crippen molar-refractivity contribution >= 4 is 39.0 Å². The van der Waals surface area contributed by atoms with Crippen molar-refractivity contribution in [2.24, 2.45) is 0 Å². The van der Waals surface area contributed by atoms with Crippen LogP contribution >= 0.6 is 27.5 Å². The van der Waals surface area contributed by atoms with Gasteiger partial charge in [-0.3, -0.25) is 0 Å². The molecule has 3 nitrogen and oxygen atoms in total. The fraction of sp³-hybridized carbons (Fsp3) is 0.167. The number of rotatable bonds is 0. The minimum Gasteiger partial charge on any atom is -0.338 e. The molecule has 1 aromatic heterocycles. The predicted molar refractivity (Wildman–Crippen MR) is 49.0 cm³/mol. The zero-order valence-electron chi connectivity index (χ0n) is 5.44. The molecule has 0 bridgehead atoms. The SMILES string of the molecule is ClC1(Br)Nc2cccnc2N1. The zero-order valence-corrected chi connectivity index (χ0v) is 7.78. The first-order valence-corrected chi connectivity index (χ1v) is 4.24. The van der Waals surface area contributed by atoms with E-state index in [9.17, 15) is 0 Å². The number of nitrogens with zero attached hydrogens (tertiary/aromatic N) is 1. The molecular formula is C6H5BrClN3. The van der Waals surface area contributed by atoms with Gasteiger partial charge in [-0.25, -0.2) is 4.98 Å². The molecule has 11 heavy (non-hydrogen) atoms. The maximum absolute atomic E-state index is 5.89. The monoisotopic (exact) mass is 233 g/mol. The van der Waals surface area contributed by atoms with Crippen LogP contribution in [0.3, 0.4) is 0 Å². The van der Waals surface area contributed by atoms with Crippen LogP contribution in [0.5, 0.6) is 0 Å². The van der Waals surface area contributed by atoms with Crippen LogP contribution in [0.25, 0.3) is 0 Å². The molecule has 1 atom stereocenters. The van der Waals surface area contributed by atoms with Crippen molar-refractivity contribution in [1.29, 1.82) is 0 Å². The number of halogens is 2. The van der Waals surface area contributed by atoms with Gasteiger partial charge in [-0.2, -0.15) is 0 Å². The van der Waals surface area contributed by atoms with Crippen LogP contribution in [0, 0.1) is 0 Å². The molecule has 1 aliphatic heterocycles. The maximum atomic E-state index is 5.89. The second kappa shape index (κ2) is 2.25. The number of nitrogens with one attached hydrogen (secondary N) is 2. The minimum atomic E-state index is -0.774. The third-order valence-electron chi connectivity index (χ3n) is 1.37. The smallest absolute Gasteiger partial charge is 0.245 e. The quantitative estimate of drug-likeness (QED) is 0.534. The van der Waals surface area contributed by atoms with Crippen LogP contribution in [-0.2, 0) is 0 Å². The van der Waals surface area contributed by atoms with Crippen LogP contribution in [0.1, 0.15) is 0 Å². The molecule has 0 amide bonds. The summed E-state index contributed by atoms with van der Waals surface area (Å²) in [5.74, 6) is 0.763. The van der Waals surface area contributed by atoms with Gasteiger partial charge >= 0.3 is 0 Å². The Labute approximate surface area is 77.3 Å². The fourth-order valence-electron chi connectivity index (χ4n) is 0.955. The highest BCUT2D eigenvalue weighted by Crippen LogP contribution is 2.37. The molecule has 58 valence electrons. The summed E-state index contributed by atoms with van der Waals surface area (Å²) in [7, 11) is 0. The molecule has 0 aromatic carbocycles. The molecule has 0 saturated carbocycles. The van der Waals surface area contributed by atoms with Crippen molar-refractivity contribution in [3.63, 3.8) is 0 Å². The van der Waals surface area contributed by atoms with Crippen molar-refractivity contribution in [2.45, 2.75) is 4.03 Å². The van der Waals surface area contributed by atoms with Gasteiger partial charge in [0.1, 0.15) is 0 Å². The van der Waals surface area contributed by atoms with Gasteiger partial charge in [-0.05, 0) is 28.1 Å². The lowest BCUT2D eigenvalue weighted by molar-refractivity contribution is 1.12. The van der Waals surface area contributed by atoms with Gasteiger partial charge in [0.25, 0.3) is 0 Å². The molecular weight excluding hydrogens is 229 g/mol. The first-order valence-electron chi connectivity index (χ1n) is 3.07. The van der Waals surface area contributed by atoms with Crippen LogP contribution in [0.4, 0.5) is 11.5 Å². The van der Waals surface area contributed by atoms with E-state index in [-0.39, 0.29) is 0 Å². The summed E-state index contributed by atoms with van der Waals surface area (Å²) in [5.41, 5.74) is 0.902. The van der Waals surface area contributed by atoms with Crippen molar-refractivity contribution in [3.05, 3.63) is 18.3 Å². The van der Waals surface area contributed by atoms with Crippen molar-refractivity contribution in [3.8, 4) is 0 Å². The van der Waals surface area contributed by atoms with E-state index in [0.29, 0.717) is 0 Å². The maximum Gasteiger partial charge on any atom is 0.245 e. The molecule has 0 saturated heterocycles. The molecule has 1 unspecified atom stereocenters. The molecule has 0 aliphatic carbocycles. The molecule has 1 aromatic rings. The highest BCUT2D eigenvalue weighted by atomic mass is 79.9. The number of fused-ring (bicyclic) bond motifs is 1. The largest absolute Gasteiger partial charge is 0.338 e. The third-order valence-corrected chi connectivity index (χ3v) is 1.96. The Balaban J connectivity index is 2.41. The van der Waals surface area contributed by atoms with Gasteiger partial charge in [0.05, 0.1) is 5.69 Å². The summed E-state index contributed by atoms with van der Waals surface area (Å²) in [6.07, 6.45) is 1.71. The second-order valence-electron chi connectivity index (χ2n) is 2.22. The standard InChI is InChI=1S/C6H5BrClN3/c7-6(8)10-4-2-1-3-9-5(4)11-6/h1-3,10H,(H,9,11). The van der Waals surface area contributed by atoms with Gasteiger partial charge in [-0.1, -0.05) is 11.6 Å². The van der Waals surface area contributed by atoms with E-state index in [2.05, 4.69) is 31.5 Å². The number of alkyl halides is 2. The number of aromatic nitrogens is 1. The van der Waals surface area contributed by atoms with E-state index in [1.54, 1.807) is 6.20 Å². The molecule has 2 heterocycles. The van der Waals surface area contributed by atoms with E-state index in [1.807, 2.05) is 12.1 Å². The lowest BCUT2D eigenvalue weighted by Gasteiger charge is -2.12. The molecule has 2 rings (SSSR count). The lowest BCUT2D eigenvalue weighted by atomic mass is 10.4. The first-order chi connectivity index (χ1) is 5.17.